The molecule has 0 saturated heterocycles. The number of hydrogen-bond acceptors (Lipinski definition) is 2. The molecule has 0 aliphatic heterocycles. The summed E-state index contributed by atoms with van der Waals surface area (Å²) in [6, 6.07) is 0. The molecule has 0 N–H and O–H groups in total. The molecule has 0 aromatic rings. The first kappa shape index (κ1) is 12.5. The summed E-state index contributed by atoms with van der Waals surface area (Å²) in [6.07, 6.45) is 1.83. The number of hydrogen-bond donors (Lipinski definition) is 0. The van der Waals surface area contributed by atoms with Gasteiger partial charge < -0.3 is 9.64 Å². The largest absolute Gasteiger partial charge is 0.383 e. The number of methoxy groups -OCH3 is 1. The molecule has 0 aliphatic rings. The molecular weight excluding hydrogens is 150 g/mol. The minimum absolute atomic E-state index is 0. The van der Waals surface area contributed by atoms with Gasteiger partial charge in [0, 0.05) is 20.2 Å². The van der Waals surface area contributed by atoms with Crippen molar-refractivity contribution in [1.29, 1.82) is 0 Å². The van der Waals surface area contributed by atoms with Gasteiger partial charge in [0.05, 0.1) is 6.61 Å². The van der Waals surface area contributed by atoms with E-state index in [9.17, 15) is 0 Å². The van der Waals surface area contributed by atoms with Crippen LogP contribution in [0.5, 0.6) is 0 Å². The van der Waals surface area contributed by atoms with Gasteiger partial charge in [-0.3, -0.25) is 0 Å². The van der Waals surface area contributed by atoms with Crippen LogP contribution < -0.4 is 0 Å². The molecule has 62 valence electrons. The monoisotopic (exact) mass is 165 g/mol. The number of rotatable bonds is 5. The molecular formula is C7H16ClNO. The van der Waals surface area contributed by atoms with Crippen LogP contribution in [0.2, 0.25) is 0 Å². The van der Waals surface area contributed by atoms with Crippen LogP contribution in [0.15, 0.2) is 12.8 Å². The van der Waals surface area contributed by atoms with Gasteiger partial charge >= 0.3 is 0 Å². The van der Waals surface area contributed by atoms with Gasteiger partial charge in [-0.1, -0.05) is 6.58 Å². The van der Waals surface area contributed by atoms with E-state index in [1.54, 1.807) is 7.11 Å². The number of nitrogens with zero attached hydrogens (tertiary/aromatic N) is 1. The van der Waals surface area contributed by atoms with Gasteiger partial charge in [-0.25, -0.2) is 0 Å². The Morgan fingerprint density at radius 2 is 2.20 bits per heavy atom. The summed E-state index contributed by atoms with van der Waals surface area (Å²) in [5, 5.41) is 0. The van der Waals surface area contributed by atoms with E-state index in [-0.39, 0.29) is 12.4 Å². The third-order valence-electron chi connectivity index (χ3n) is 1.25. The maximum atomic E-state index is 4.89. The van der Waals surface area contributed by atoms with Crippen molar-refractivity contribution in [3.05, 3.63) is 12.8 Å². The Morgan fingerprint density at radius 1 is 1.60 bits per heavy atom. The fraction of sp³-hybridized carbons (Fsp3) is 0.714. The number of ether oxygens (including phenoxy) is 1. The SMILES string of the molecule is C=CN(CC)CCOC.Cl. The topological polar surface area (TPSA) is 12.5 Å². The summed E-state index contributed by atoms with van der Waals surface area (Å²) >= 11 is 0. The van der Waals surface area contributed by atoms with Crippen molar-refractivity contribution in [3.8, 4) is 0 Å². The minimum atomic E-state index is 0. The lowest BCUT2D eigenvalue weighted by molar-refractivity contribution is 0.171. The van der Waals surface area contributed by atoms with Gasteiger partial charge in [0.1, 0.15) is 0 Å². The van der Waals surface area contributed by atoms with Crippen molar-refractivity contribution in [2.45, 2.75) is 6.92 Å². The van der Waals surface area contributed by atoms with Crippen molar-refractivity contribution in [1.82, 2.24) is 4.90 Å². The zero-order valence-corrected chi connectivity index (χ0v) is 7.49. The first-order valence-electron chi connectivity index (χ1n) is 3.20. The second-order valence-electron chi connectivity index (χ2n) is 1.80. The van der Waals surface area contributed by atoms with Crippen molar-refractivity contribution in [3.63, 3.8) is 0 Å². The highest BCUT2D eigenvalue weighted by Gasteiger charge is 1.90. The fourth-order valence-corrected chi connectivity index (χ4v) is 0.587. The maximum Gasteiger partial charge on any atom is 0.0637 e. The molecule has 0 radical (unpaired) electrons. The standard InChI is InChI=1S/C7H15NO.ClH/c1-4-8(5-2)6-7-9-3;/h4H,1,5-7H2,2-3H3;1H. The Morgan fingerprint density at radius 3 is 2.50 bits per heavy atom. The van der Waals surface area contributed by atoms with Crippen LogP contribution in [0.3, 0.4) is 0 Å². The first-order valence-corrected chi connectivity index (χ1v) is 3.20. The molecule has 0 saturated carbocycles. The number of halogens is 1. The maximum absolute atomic E-state index is 4.89. The summed E-state index contributed by atoms with van der Waals surface area (Å²) in [5.41, 5.74) is 0. The van der Waals surface area contributed by atoms with E-state index in [1.165, 1.54) is 0 Å². The highest BCUT2D eigenvalue weighted by molar-refractivity contribution is 5.85. The Kier molecular flexibility index (Phi) is 11.0. The Bertz CT molecular complexity index is 78.0. The minimum Gasteiger partial charge on any atom is -0.383 e. The smallest absolute Gasteiger partial charge is 0.0637 e. The second-order valence-corrected chi connectivity index (χ2v) is 1.80. The lowest BCUT2D eigenvalue weighted by atomic mass is 10.5. The zero-order chi connectivity index (χ0) is 7.11. The van der Waals surface area contributed by atoms with E-state index in [0.717, 1.165) is 19.7 Å². The van der Waals surface area contributed by atoms with Crippen LogP contribution in [0.1, 0.15) is 6.92 Å². The number of likely N-dealkylation sites (N-methyl/N-ethyl adjacent to an activating group) is 1. The highest BCUT2D eigenvalue weighted by atomic mass is 35.5. The normalized spacial score (nSPS) is 8.20. The summed E-state index contributed by atoms with van der Waals surface area (Å²) in [4.78, 5) is 2.10. The van der Waals surface area contributed by atoms with E-state index in [2.05, 4.69) is 18.4 Å². The van der Waals surface area contributed by atoms with Crippen molar-refractivity contribution in [2.75, 3.05) is 26.8 Å². The lowest BCUT2D eigenvalue weighted by Gasteiger charge is -2.15. The predicted octanol–water partition coefficient (Wildman–Crippen LogP) is 1.52. The Hall–Kier alpha value is -0.210. The molecule has 0 aromatic heterocycles. The molecule has 0 amide bonds. The van der Waals surface area contributed by atoms with Gasteiger partial charge in [-0.2, -0.15) is 0 Å². The fourth-order valence-electron chi connectivity index (χ4n) is 0.587. The van der Waals surface area contributed by atoms with Crippen molar-refractivity contribution < 1.29 is 4.74 Å². The molecule has 3 heteroatoms. The average molecular weight is 166 g/mol. The quantitative estimate of drug-likeness (QED) is 0.613. The molecule has 0 aromatic carbocycles. The molecule has 0 fully saturated rings. The molecule has 0 heterocycles. The van der Waals surface area contributed by atoms with E-state index >= 15 is 0 Å². The van der Waals surface area contributed by atoms with Gasteiger partial charge in [-0.15, -0.1) is 12.4 Å². The van der Waals surface area contributed by atoms with Crippen molar-refractivity contribution in [2.24, 2.45) is 0 Å². The van der Waals surface area contributed by atoms with Crippen LogP contribution in [-0.4, -0.2) is 31.7 Å². The van der Waals surface area contributed by atoms with Crippen LogP contribution in [0.4, 0.5) is 0 Å². The average Bonchev–Trinajstić information content (AvgIpc) is 1.91. The third kappa shape index (κ3) is 5.92. The van der Waals surface area contributed by atoms with Gasteiger partial charge in [0.2, 0.25) is 0 Å². The Labute approximate surface area is 69.3 Å². The molecule has 10 heavy (non-hydrogen) atoms. The van der Waals surface area contributed by atoms with Crippen LogP contribution in [0, 0.1) is 0 Å². The summed E-state index contributed by atoms with van der Waals surface area (Å²) in [5.74, 6) is 0. The van der Waals surface area contributed by atoms with Crippen LogP contribution in [0.25, 0.3) is 0 Å². The summed E-state index contributed by atoms with van der Waals surface area (Å²) < 4.78 is 4.89. The second kappa shape index (κ2) is 8.79. The summed E-state index contributed by atoms with van der Waals surface area (Å²) in [7, 11) is 1.71. The highest BCUT2D eigenvalue weighted by Crippen LogP contribution is 1.85. The Balaban J connectivity index is 0. The summed E-state index contributed by atoms with van der Waals surface area (Å²) in [6.45, 7) is 8.48. The van der Waals surface area contributed by atoms with E-state index < -0.39 is 0 Å². The molecule has 0 atom stereocenters. The van der Waals surface area contributed by atoms with Gasteiger partial charge in [-0.05, 0) is 13.1 Å². The lowest BCUT2D eigenvalue weighted by Crippen LogP contribution is -2.20. The molecule has 0 aliphatic carbocycles. The zero-order valence-electron chi connectivity index (χ0n) is 6.67. The predicted molar refractivity (Wildman–Crippen MR) is 46.6 cm³/mol. The molecule has 2 nitrogen and oxygen atoms in total. The van der Waals surface area contributed by atoms with Crippen LogP contribution >= 0.6 is 12.4 Å². The molecule has 0 unspecified atom stereocenters. The van der Waals surface area contributed by atoms with Crippen molar-refractivity contribution >= 4 is 12.4 Å². The van der Waals surface area contributed by atoms with E-state index in [0.29, 0.717) is 0 Å². The first-order chi connectivity index (χ1) is 4.35. The molecule has 0 bridgehead atoms. The van der Waals surface area contributed by atoms with E-state index in [1.807, 2.05) is 6.20 Å². The molecule has 0 rings (SSSR count). The molecule has 0 spiro atoms. The van der Waals surface area contributed by atoms with Gasteiger partial charge in [0.15, 0.2) is 0 Å². The third-order valence-corrected chi connectivity index (χ3v) is 1.25. The van der Waals surface area contributed by atoms with E-state index in [4.69, 9.17) is 4.74 Å². The van der Waals surface area contributed by atoms with Crippen LogP contribution in [-0.2, 0) is 4.74 Å². The van der Waals surface area contributed by atoms with Gasteiger partial charge in [0.25, 0.3) is 0 Å².